The molecule has 0 radical (unpaired) electrons. The van der Waals surface area contributed by atoms with Crippen molar-refractivity contribution in [2.75, 3.05) is 13.7 Å². The van der Waals surface area contributed by atoms with Crippen LogP contribution in [0.3, 0.4) is 0 Å². The minimum Gasteiger partial charge on any atom is -0.497 e. The number of sulfone groups is 1. The van der Waals surface area contributed by atoms with E-state index < -0.39 is 21.2 Å². The highest BCUT2D eigenvalue weighted by Crippen LogP contribution is 2.27. The molecule has 0 bridgehead atoms. The standard InChI is InChI=1S/C23H25NO4S/c1-28-20-14-12-18(13-15-20)16-24-17-22(23(25)19-8-4-2-5-9-19)29(26,27)21-10-6-3-7-11-21/h2-15,22-25H,16-17H2,1H3. The SMILES string of the molecule is COc1ccc(CNCC(C(O)c2ccccc2)S(=O)(=O)c2ccccc2)cc1. The molecule has 2 N–H and O–H groups in total. The number of rotatable bonds is 9. The molecule has 3 rings (SSSR count). The summed E-state index contributed by atoms with van der Waals surface area (Å²) in [6.07, 6.45) is -1.15. The van der Waals surface area contributed by atoms with Crippen molar-refractivity contribution in [3.8, 4) is 5.75 Å². The van der Waals surface area contributed by atoms with E-state index in [-0.39, 0.29) is 11.4 Å². The van der Waals surface area contributed by atoms with E-state index in [1.54, 1.807) is 61.7 Å². The summed E-state index contributed by atoms with van der Waals surface area (Å²) in [4.78, 5) is 0.200. The molecular formula is C23H25NO4S. The second-order valence-electron chi connectivity index (χ2n) is 6.73. The van der Waals surface area contributed by atoms with Gasteiger partial charge < -0.3 is 15.2 Å². The van der Waals surface area contributed by atoms with E-state index >= 15 is 0 Å². The molecular weight excluding hydrogens is 386 g/mol. The van der Waals surface area contributed by atoms with Crippen molar-refractivity contribution in [2.24, 2.45) is 0 Å². The van der Waals surface area contributed by atoms with Gasteiger partial charge in [-0.1, -0.05) is 60.7 Å². The van der Waals surface area contributed by atoms with Crippen LogP contribution in [0.5, 0.6) is 5.75 Å². The Morgan fingerprint density at radius 3 is 2.07 bits per heavy atom. The second-order valence-corrected chi connectivity index (χ2v) is 8.90. The fraction of sp³-hybridized carbons (Fsp3) is 0.217. The molecule has 0 aromatic heterocycles. The van der Waals surface area contributed by atoms with Crippen LogP contribution in [0.4, 0.5) is 0 Å². The molecule has 0 saturated heterocycles. The molecule has 0 fully saturated rings. The van der Waals surface area contributed by atoms with Crippen LogP contribution in [0, 0.1) is 0 Å². The van der Waals surface area contributed by atoms with Gasteiger partial charge in [-0.05, 0) is 35.4 Å². The number of aliphatic hydroxyl groups excluding tert-OH is 1. The summed E-state index contributed by atoms with van der Waals surface area (Å²) >= 11 is 0. The van der Waals surface area contributed by atoms with Gasteiger partial charge in [-0.2, -0.15) is 0 Å². The zero-order chi connectivity index (χ0) is 20.7. The summed E-state index contributed by atoms with van der Waals surface area (Å²) < 4.78 is 31.7. The van der Waals surface area contributed by atoms with E-state index in [1.165, 1.54) is 0 Å². The number of hydrogen-bond acceptors (Lipinski definition) is 5. The minimum absolute atomic E-state index is 0.110. The first-order valence-corrected chi connectivity index (χ1v) is 10.9. The Bertz CT molecular complexity index is 990. The summed E-state index contributed by atoms with van der Waals surface area (Å²) in [6.45, 7) is 0.589. The summed E-state index contributed by atoms with van der Waals surface area (Å²) in [5.74, 6) is 0.762. The molecule has 0 saturated carbocycles. The van der Waals surface area contributed by atoms with Crippen LogP contribution in [0.15, 0.2) is 89.8 Å². The van der Waals surface area contributed by atoms with Gasteiger partial charge in [0.05, 0.1) is 18.1 Å². The molecule has 2 unspecified atom stereocenters. The second kappa shape index (κ2) is 9.69. The van der Waals surface area contributed by atoms with Crippen LogP contribution in [0.25, 0.3) is 0 Å². The van der Waals surface area contributed by atoms with Gasteiger partial charge in [0.15, 0.2) is 9.84 Å². The molecule has 0 amide bonds. The largest absolute Gasteiger partial charge is 0.497 e. The Morgan fingerprint density at radius 1 is 0.897 bits per heavy atom. The summed E-state index contributed by atoms with van der Waals surface area (Å²) in [5.41, 5.74) is 1.57. The monoisotopic (exact) mass is 411 g/mol. The number of aliphatic hydroxyl groups is 1. The van der Waals surface area contributed by atoms with Gasteiger partial charge in [-0.25, -0.2) is 8.42 Å². The van der Waals surface area contributed by atoms with Gasteiger partial charge in [0.25, 0.3) is 0 Å². The number of hydrogen-bond donors (Lipinski definition) is 2. The third-order valence-corrected chi connectivity index (χ3v) is 6.95. The third kappa shape index (κ3) is 5.23. The van der Waals surface area contributed by atoms with Crippen molar-refractivity contribution in [1.29, 1.82) is 0 Å². The Hall–Kier alpha value is -2.67. The van der Waals surface area contributed by atoms with Crippen LogP contribution in [0.1, 0.15) is 17.2 Å². The Kier molecular flexibility index (Phi) is 7.04. The first kappa shape index (κ1) is 21.0. The van der Waals surface area contributed by atoms with Crippen LogP contribution in [0.2, 0.25) is 0 Å². The van der Waals surface area contributed by atoms with Gasteiger partial charge in [-0.3, -0.25) is 0 Å². The van der Waals surface area contributed by atoms with Crippen LogP contribution >= 0.6 is 0 Å². The van der Waals surface area contributed by atoms with Crippen LogP contribution in [-0.4, -0.2) is 32.4 Å². The van der Waals surface area contributed by atoms with Gasteiger partial charge >= 0.3 is 0 Å². The lowest BCUT2D eigenvalue weighted by molar-refractivity contribution is 0.169. The van der Waals surface area contributed by atoms with Gasteiger partial charge in [-0.15, -0.1) is 0 Å². The number of ether oxygens (including phenoxy) is 1. The average molecular weight is 412 g/mol. The Labute approximate surface area is 171 Å². The van der Waals surface area contributed by atoms with Crippen molar-refractivity contribution in [1.82, 2.24) is 5.32 Å². The molecule has 0 spiro atoms. The zero-order valence-corrected chi connectivity index (χ0v) is 17.0. The summed E-state index contributed by atoms with van der Waals surface area (Å²) in [6, 6.07) is 24.7. The molecule has 2 atom stereocenters. The van der Waals surface area contributed by atoms with Crippen LogP contribution in [-0.2, 0) is 16.4 Å². The van der Waals surface area contributed by atoms with Crippen molar-refractivity contribution in [2.45, 2.75) is 22.8 Å². The quantitative estimate of drug-likeness (QED) is 0.565. The molecule has 0 heterocycles. The van der Waals surface area contributed by atoms with E-state index in [4.69, 9.17) is 4.74 Å². The van der Waals surface area contributed by atoms with Crippen molar-refractivity contribution >= 4 is 9.84 Å². The predicted molar refractivity (Wildman–Crippen MR) is 114 cm³/mol. The first-order valence-electron chi connectivity index (χ1n) is 9.38. The summed E-state index contributed by atoms with van der Waals surface area (Å²) in [7, 11) is -2.14. The molecule has 29 heavy (non-hydrogen) atoms. The number of nitrogens with one attached hydrogen (secondary N) is 1. The van der Waals surface area contributed by atoms with E-state index in [0.29, 0.717) is 12.1 Å². The van der Waals surface area contributed by atoms with Gasteiger partial charge in [0.1, 0.15) is 11.0 Å². The normalized spacial score (nSPS) is 13.6. The Balaban J connectivity index is 1.80. The maximum Gasteiger partial charge on any atom is 0.185 e. The Morgan fingerprint density at radius 2 is 1.48 bits per heavy atom. The highest BCUT2D eigenvalue weighted by Gasteiger charge is 2.34. The van der Waals surface area contributed by atoms with Crippen molar-refractivity contribution < 1.29 is 18.3 Å². The molecule has 3 aromatic rings. The molecule has 0 aliphatic carbocycles. The molecule has 0 aliphatic heterocycles. The van der Waals surface area contributed by atoms with Crippen LogP contribution < -0.4 is 10.1 Å². The molecule has 3 aromatic carbocycles. The van der Waals surface area contributed by atoms with Gasteiger partial charge in [0, 0.05) is 13.1 Å². The fourth-order valence-corrected chi connectivity index (χ4v) is 4.86. The predicted octanol–water partition coefficient (Wildman–Crippen LogP) is 3.36. The average Bonchev–Trinajstić information content (AvgIpc) is 2.78. The highest BCUT2D eigenvalue weighted by molar-refractivity contribution is 7.92. The third-order valence-electron chi connectivity index (χ3n) is 4.80. The van der Waals surface area contributed by atoms with E-state index in [9.17, 15) is 13.5 Å². The maximum atomic E-state index is 13.3. The fourth-order valence-electron chi connectivity index (χ4n) is 3.14. The van der Waals surface area contributed by atoms with Crippen molar-refractivity contribution in [3.05, 3.63) is 96.1 Å². The lowest BCUT2D eigenvalue weighted by Crippen LogP contribution is -2.38. The summed E-state index contributed by atoms with van der Waals surface area (Å²) in [5, 5.41) is 13.1. The van der Waals surface area contributed by atoms with Gasteiger partial charge in [0.2, 0.25) is 0 Å². The van der Waals surface area contributed by atoms with Crippen molar-refractivity contribution in [3.63, 3.8) is 0 Å². The molecule has 0 aliphatic rings. The van der Waals surface area contributed by atoms with E-state index in [2.05, 4.69) is 5.32 Å². The first-order chi connectivity index (χ1) is 14.0. The molecule has 152 valence electrons. The number of benzene rings is 3. The topological polar surface area (TPSA) is 75.6 Å². The lowest BCUT2D eigenvalue weighted by atomic mass is 10.1. The lowest BCUT2D eigenvalue weighted by Gasteiger charge is -2.24. The molecule has 5 nitrogen and oxygen atoms in total. The zero-order valence-electron chi connectivity index (χ0n) is 16.2. The highest BCUT2D eigenvalue weighted by atomic mass is 32.2. The number of methoxy groups -OCH3 is 1. The maximum absolute atomic E-state index is 13.3. The molecule has 6 heteroatoms. The smallest absolute Gasteiger partial charge is 0.185 e. The van der Waals surface area contributed by atoms with E-state index in [0.717, 1.165) is 11.3 Å². The minimum atomic E-state index is -3.75. The van der Waals surface area contributed by atoms with E-state index in [1.807, 2.05) is 30.3 Å².